The first-order valence-corrected chi connectivity index (χ1v) is 7.49. The molecule has 0 aromatic rings. The Balaban J connectivity index is 3.60. The first-order valence-electron chi connectivity index (χ1n) is 7.49. The zero-order valence-corrected chi connectivity index (χ0v) is 12.8. The lowest BCUT2D eigenvalue weighted by molar-refractivity contribution is 0.215. The number of nitrogens with one attached hydrogen (secondary N) is 1. The van der Waals surface area contributed by atoms with E-state index in [1.807, 2.05) is 0 Å². The van der Waals surface area contributed by atoms with Crippen LogP contribution in [0.15, 0.2) is 0 Å². The SMILES string of the molecule is CCNCCCCCN(CC(C)C)CC(C)C. The van der Waals surface area contributed by atoms with Crippen molar-refractivity contribution in [3.05, 3.63) is 0 Å². The molecule has 0 unspecified atom stereocenters. The van der Waals surface area contributed by atoms with Crippen molar-refractivity contribution in [1.29, 1.82) is 0 Å². The van der Waals surface area contributed by atoms with E-state index >= 15 is 0 Å². The monoisotopic (exact) mass is 242 g/mol. The number of nitrogens with zero attached hydrogens (tertiary/aromatic N) is 1. The van der Waals surface area contributed by atoms with Crippen LogP contribution in [0.5, 0.6) is 0 Å². The average Bonchev–Trinajstić information content (AvgIpc) is 2.21. The molecule has 104 valence electrons. The van der Waals surface area contributed by atoms with E-state index in [2.05, 4.69) is 44.8 Å². The van der Waals surface area contributed by atoms with Crippen molar-refractivity contribution in [3.63, 3.8) is 0 Å². The van der Waals surface area contributed by atoms with Gasteiger partial charge in [-0.3, -0.25) is 0 Å². The molecule has 0 aliphatic carbocycles. The fourth-order valence-corrected chi connectivity index (χ4v) is 2.23. The lowest BCUT2D eigenvalue weighted by Crippen LogP contribution is -2.32. The molecule has 17 heavy (non-hydrogen) atoms. The van der Waals surface area contributed by atoms with Gasteiger partial charge >= 0.3 is 0 Å². The Hall–Kier alpha value is -0.0800. The molecule has 2 nitrogen and oxygen atoms in total. The summed E-state index contributed by atoms with van der Waals surface area (Å²) >= 11 is 0. The predicted octanol–water partition coefficient (Wildman–Crippen LogP) is 3.38. The fourth-order valence-electron chi connectivity index (χ4n) is 2.23. The van der Waals surface area contributed by atoms with Crippen LogP contribution in [-0.4, -0.2) is 37.6 Å². The topological polar surface area (TPSA) is 15.3 Å². The molecular weight excluding hydrogens is 208 g/mol. The highest BCUT2D eigenvalue weighted by atomic mass is 15.1. The van der Waals surface area contributed by atoms with Crippen molar-refractivity contribution >= 4 is 0 Å². The summed E-state index contributed by atoms with van der Waals surface area (Å²) in [6.45, 7) is 17.5. The summed E-state index contributed by atoms with van der Waals surface area (Å²) in [5.41, 5.74) is 0. The van der Waals surface area contributed by atoms with Crippen molar-refractivity contribution in [3.8, 4) is 0 Å². The quantitative estimate of drug-likeness (QED) is 0.559. The molecule has 0 saturated carbocycles. The van der Waals surface area contributed by atoms with Crippen LogP contribution in [0.2, 0.25) is 0 Å². The molecule has 0 bridgehead atoms. The van der Waals surface area contributed by atoms with Gasteiger partial charge in [-0.05, 0) is 44.3 Å². The maximum Gasteiger partial charge on any atom is 0.000449 e. The molecule has 0 aromatic carbocycles. The molecule has 0 aromatic heterocycles. The summed E-state index contributed by atoms with van der Waals surface area (Å²) in [7, 11) is 0. The summed E-state index contributed by atoms with van der Waals surface area (Å²) in [6, 6.07) is 0. The summed E-state index contributed by atoms with van der Waals surface area (Å²) in [6.07, 6.45) is 4.04. The largest absolute Gasteiger partial charge is 0.317 e. The molecule has 0 spiro atoms. The van der Waals surface area contributed by atoms with Crippen LogP contribution in [0.25, 0.3) is 0 Å². The van der Waals surface area contributed by atoms with Crippen LogP contribution < -0.4 is 5.32 Å². The molecule has 2 heteroatoms. The Bertz CT molecular complexity index is 145. The van der Waals surface area contributed by atoms with Crippen molar-refractivity contribution < 1.29 is 0 Å². The minimum absolute atomic E-state index is 0.788. The summed E-state index contributed by atoms with van der Waals surface area (Å²) in [4.78, 5) is 2.64. The van der Waals surface area contributed by atoms with Crippen LogP contribution in [0.3, 0.4) is 0 Å². The third kappa shape index (κ3) is 12.2. The number of unbranched alkanes of at least 4 members (excludes halogenated alkanes) is 2. The van der Waals surface area contributed by atoms with E-state index in [1.165, 1.54) is 45.4 Å². The van der Waals surface area contributed by atoms with E-state index in [9.17, 15) is 0 Å². The third-order valence-electron chi connectivity index (χ3n) is 2.82. The van der Waals surface area contributed by atoms with Gasteiger partial charge in [-0.25, -0.2) is 0 Å². The summed E-state index contributed by atoms with van der Waals surface area (Å²) < 4.78 is 0. The molecular formula is C15H34N2. The summed E-state index contributed by atoms with van der Waals surface area (Å²) in [5.74, 6) is 1.58. The van der Waals surface area contributed by atoms with E-state index in [-0.39, 0.29) is 0 Å². The molecule has 0 atom stereocenters. The van der Waals surface area contributed by atoms with Crippen molar-refractivity contribution in [2.45, 2.75) is 53.9 Å². The van der Waals surface area contributed by atoms with Crippen LogP contribution in [0.1, 0.15) is 53.9 Å². The molecule has 0 aliphatic heterocycles. The Labute approximate surface area is 109 Å². The molecule has 0 rings (SSSR count). The lowest BCUT2D eigenvalue weighted by Gasteiger charge is -2.26. The predicted molar refractivity (Wildman–Crippen MR) is 78.5 cm³/mol. The molecule has 0 amide bonds. The van der Waals surface area contributed by atoms with Gasteiger partial charge in [0.2, 0.25) is 0 Å². The molecule has 0 aliphatic rings. The van der Waals surface area contributed by atoms with Gasteiger partial charge in [-0.1, -0.05) is 41.0 Å². The average molecular weight is 242 g/mol. The van der Waals surface area contributed by atoms with Gasteiger partial charge in [0.05, 0.1) is 0 Å². The highest BCUT2D eigenvalue weighted by molar-refractivity contribution is 4.63. The zero-order valence-electron chi connectivity index (χ0n) is 12.8. The van der Waals surface area contributed by atoms with E-state index in [4.69, 9.17) is 0 Å². The highest BCUT2D eigenvalue weighted by Crippen LogP contribution is 2.06. The van der Waals surface area contributed by atoms with Crippen molar-refractivity contribution in [2.24, 2.45) is 11.8 Å². The third-order valence-corrected chi connectivity index (χ3v) is 2.82. The van der Waals surface area contributed by atoms with E-state index in [0.29, 0.717) is 0 Å². The van der Waals surface area contributed by atoms with Crippen molar-refractivity contribution in [2.75, 3.05) is 32.7 Å². The molecule has 0 fully saturated rings. The van der Waals surface area contributed by atoms with Gasteiger partial charge in [-0.15, -0.1) is 0 Å². The number of rotatable bonds is 11. The first kappa shape index (κ1) is 16.9. The maximum atomic E-state index is 3.39. The normalized spacial score (nSPS) is 12.0. The van der Waals surface area contributed by atoms with Gasteiger partial charge in [0.15, 0.2) is 0 Å². The maximum absolute atomic E-state index is 3.39. The van der Waals surface area contributed by atoms with Crippen LogP contribution in [-0.2, 0) is 0 Å². The van der Waals surface area contributed by atoms with Crippen LogP contribution in [0.4, 0.5) is 0 Å². The van der Waals surface area contributed by atoms with Gasteiger partial charge in [-0.2, -0.15) is 0 Å². The van der Waals surface area contributed by atoms with Gasteiger partial charge in [0.1, 0.15) is 0 Å². The Kier molecular flexibility index (Phi) is 11.0. The van der Waals surface area contributed by atoms with Gasteiger partial charge in [0.25, 0.3) is 0 Å². The minimum atomic E-state index is 0.788. The molecule has 1 N–H and O–H groups in total. The van der Waals surface area contributed by atoms with Gasteiger partial charge < -0.3 is 10.2 Å². The van der Waals surface area contributed by atoms with Crippen molar-refractivity contribution in [1.82, 2.24) is 10.2 Å². The first-order chi connectivity index (χ1) is 8.06. The second-order valence-electron chi connectivity index (χ2n) is 5.96. The molecule has 0 radical (unpaired) electrons. The lowest BCUT2D eigenvalue weighted by atomic mass is 10.1. The Morgan fingerprint density at radius 2 is 1.47 bits per heavy atom. The summed E-state index contributed by atoms with van der Waals surface area (Å²) in [5, 5.41) is 3.39. The molecule has 0 saturated heterocycles. The second kappa shape index (κ2) is 11.0. The number of hydrogen-bond donors (Lipinski definition) is 1. The van der Waals surface area contributed by atoms with E-state index in [0.717, 1.165) is 18.4 Å². The molecule has 0 heterocycles. The fraction of sp³-hybridized carbons (Fsp3) is 1.00. The van der Waals surface area contributed by atoms with E-state index in [1.54, 1.807) is 0 Å². The Morgan fingerprint density at radius 1 is 0.882 bits per heavy atom. The minimum Gasteiger partial charge on any atom is -0.317 e. The van der Waals surface area contributed by atoms with Gasteiger partial charge in [0, 0.05) is 13.1 Å². The standard InChI is InChI=1S/C15H34N2/c1-6-16-10-8-7-9-11-17(12-14(2)3)13-15(4)5/h14-16H,6-13H2,1-5H3. The highest BCUT2D eigenvalue weighted by Gasteiger charge is 2.08. The number of hydrogen-bond acceptors (Lipinski definition) is 2. The van der Waals surface area contributed by atoms with Crippen LogP contribution >= 0.6 is 0 Å². The second-order valence-corrected chi connectivity index (χ2v) is 5.96. The Morgan fingerprint density at radius 3 is 1.94 bits per heavy atom. The van der Waals surface area contributed by atoms with E-state index < -0.39 is 0 Å². The zero-order chi connectivity index (χ0) is 13.1. The smallest absolute Gasteiger partial charge is 0.000449 e. The van der Waals surface area contributed by atoms with Crippen LogP contribution in [0, 0.1) is 11.8 Å².